The molecule has 0 aliphatic rings. The highest BCUT2D eigenvalue weighted by molar-refractivity contribution is 6.34. The molecule has 0 atom stereocenters. The lowest BCUT2D eigenvalue weighted by Gasteiger charge is -2.08. The number of hydrogen-bond acceptors (Lipinski definition) is 3. The van der Waals surface area contributed by atoms with Gasteiger partial charge in [-0.15, -0.1) is 0 Å². The Hall–Kier alpha value is -2.46. The number of para-hydroxylation sites is 1. The lowest BCUT2D eigenvalue weighted by Crippen LogP contribution is -2.13. The zero-order valence-corrected chi connectivity index (χ0v) is 11.1. The molecule has 1 amide bonds. The standard InChI is InChI=1S/C15H10ClN3O/c16-12-6-7-17-9-14(12)19-15(20)11-5-8-18-13-4-2-1-3-10(11)13/h1-9H,(H,19,20). The molecule has 1 N–H and O–H groups in total. The fourth-order valence-electron chi connectivity index (χ4n) is 1.95. The zero-order valence-electron chi connectivity index (χ0n) is 10.4. The Morgan fingerprint density at radius 3 is 2.80 bits per heavy atom. The van der Waals surface area contributed by atoms with Crippen LogP contribution in [0.1, 0.15) is 10.4 Å². The zero-order chi connectivity index (χ0) is 13.9. The summed E-state index contributed by atoms with van der Waals surface area (Å²) in [7, 11) is 0. The fourth-order valence-corrected chi connectivity index (χ4v) is 2.11. The molecule has 20 heavy (non-hydrogen) atoms. The van der Waals surface area contributed by atoms with Crippen molar-refractivity contribution in [3.63, 3.8) is 0 Å². The smallest absolute Gasteiger partial charge is 0.256 e. The van der Waals surface area contributed by atoms with Gasteiger partial charge in [0.1, 0.15) is 0 Å². The van der Waals surface area contributed by atoms with Crippen molar-refractivity contribution < 1.29 is 4.79 Å². The number of carbonyl (C=O) groups is 1. The van der Waals surface area contributed by atoms with Gasteiger partial charge < -0.3 is 5.32 Å². The summed E-state index contributed by atoms with van der Waals surface area (Å²) in [5.41, 5.74) is 1.81. The molecule has 0 saturated carbocycles. The number of nitrogens with one attached hydrogen (secondary N) is 1. The Labute approximate surface area is 120 Å². The first-order chi connectivity index (χ1) is 9.75. The van der Waals surface area contributed by atoms with Gasteiger partial charge in [-0.3, -0.25) is 14.8 Å². The van der Waals surface area contributed by atoms with Crippen LogP contribution < -0.4 is 5.32 Å². The largest absolute Gasteiger partial charge is 0.319 e. The molecule has 1 aromatic carbocycles. The maximum atomic E-state index is 12.4. The van der Waals surface area contributed by atoms with Crippen molar-refractivity contribution in [3.8, 4) is 0 Å². The van der Waals surface area contributed by atoms with Crippen LogP contribution in [0.15, 0.2) is 55.0 Å². The average molecular weight is 284 g/mol. The highest BCUT2D eigenvalue weighted by Crippen LogP contribution is 2.22. The quantitative estimate of drug-likeness (QED) is 0.783. The SMILES string of the molecule is O=C(Nc1cnccc1Cl)c1ccnc2ccccc12. The van der Waals surface area contributed by atoms with Crippen molar-refractivity contribution in [2.45, 2.75) is 0 Å². The van der Waals surface area contributed by atoms with Crippen LogP contribution in [0.3, 0.4) is 0 Å². The number of pyridine rings is 2. The van der Waals surface area contributed by atoms with Crippen LogP contribution in [-0.2, 0) is 0 Å². The Morgan fingerprint density at radius 2 is 1.95 bits per heavy atom. The van der Waals surface area contributed by atoms with E-state index >= 15 is 0 Å². The van der Waals surface area contributed by atoms with Crippen molar-refractivity contribution >= 4 is 34.1 Å². The van der Waals surface area contributed by atoms with Crippen LogP contribution >= 0.6 is 11.6 Å². The number of benzene rings is 1. The lowest BCUT2D eigenvalue weighted by molar-refractivity contribution is 0.102. The Bertz CT molecular complexity index is 783. The third kappa shape index (κ3) is 2.33. The van der Waals surface area contributed by atoms with Crippen LogP contribution in [-0.4, -0.2) is 15.9 Å². The second-order valence-corrected chi connectivity index (χ2v) is 4.59. The maximum absolute atomic E-state index is 12.4. The average Bonchev–Trinajstić information content (AvgIpc) is 2.49. The van der Waals surface area contributed by atoms with E-state index in [1.54, 1.807) is 24.5 Å². The third-order valence-corrected chi connectivity index (χ3v) is 3.24. The van der Waals surface area contributed by atoms with Gasteiger partial charge in [-0.25, -0.2) is 0 Å². The predicted octanol–water partition coefficient (Wildman–Crippen LogP) is 3.54. The van der Waals surface area contributed by atoms with E-state index in [1.807, 2.05) is 24.3 Å². The minimum atomic E-state index is -0.237. The summed E-state index contributed by atoms with van der Waals surface area (Å²) in [6.07, 6.45) is 4.70. The van der Waals surface area contributed by atoms with Gasteiger partial charge in [-0.05, 0) is 18.2 Å². The molecule has 0 fully saturated rings. The molecular weight excluding hydrogens is 274 g/mol. The first kappa shape index (κ1) is 12.6. The second-order valence-electron chi connectivity index (χ2n) is 4.19. The molecule has 0 aliphatic carbocycles. The van der Waals surface area contributed by atoms with Crippen LogP contribution in [0.2, 0.25) is 5.02 Å². The number of hydrogen-bond donors (Lipinski definition) is 1. The first-order valence-electron chi connectivity index (χ1n) is 6.00. The molecule has 2 heterocycles. The molecule has 4 nitrogen and oxygen atoms in total. The maximum Gasteiger partial charge on any atom is 0.256 e. The lowest BCUT2D eigenvalue weighted by atomic mass is 10.1. The topological polar surface area (TPSA) is 54.9 Å². The Kier molecular flexibility index (Phi) is 3.31. The van der Waals surface area contributed by atoms with E-state index in [1.165, 1.54) is 6.20 Å². The minimum absolute atomic E-state index is 0.237. The normalized spacial score (nSPS) is 10.4. The molecule has 0 spiro atoms. The fraction of sp³-hybridized carbons (Fsp3) is 0. The predicted molar refractivity (Wildman–Crippen MR) is 78.9 cm³/mol. The second kappa shape index (κ2) is 5.27. The highest BCUT2D eigenvalue weighted by atomic mass is 35.5. The van der Waals surface area contributed by atoms with Crippen molar-refractivity contribution in [2.24, 2.45) is 0 Å². The van der Waals surface area contributed by atoms with Gasteiger partial charge in [-0.1, -0.05) is 29.8 Å². The molecule has 3 aromatic rings. The van der Waals surface area contributed by atoms with Crippen molar-refractivity contribution in [1.82, 2.24) is 9.97 Å². The highest BCUT2D eigenvalue weighted by Gasteiger charge is 2.11. The number of carbonyl (C=O) groups excluding carboxylic acids is 1. The Balaban J connectivity index is 1.99. The van der Waals surface area contributed by atoms with E-state index < -0.39 is 0 Å². The summed E-state index contributed by atoms with van der Waals surface area (Å²) in [5, 5.41) is 4.01. The van der Waals surface area contributed by atoms with Gasteiger partial charge in [0, 0.05) is 17.8 Å². The minimum Gasteiger partial charge on any atom is -0.319 e. The number of anilines is 1. The number of aromatic nitrogens is 2. The number of halogens is 1. The molecule has 5 heteroatoms. The summed E-state index contributed by atoms with van der Waals surface area (Å²) in [4.78, 5) is 20.5. The van der Waals surface area contributed by atoms with Gasteiger partial charge >= 0.3 is 0 Å². The molecule has 98 valence electrons. The number of fused-ring (bicyclic) bond motifs is 1. The van der Waals surface area contributed by atoms with E-state index in [0.29, 0.717) is 16.3 Å². The van der Waals surface area contributed by atoms with E-state index in [0.717, 1.165) is 10.9 Å². The van der Waals surface area contributed by atoms with E-state index in [4.69, 9.17) is 11.6 Å². The van der Waals surface area contributed by atoms with Crippen molar-refractivity contribution in [1.29, 1.82) is 0 Å². The number of amides is 1. The number of nitrogens with zero attached hydrogens (tertiary/aromatic N) is 2. The van der Waals surface area contributed by atoms with Gasteiger partial charge in [0.2, 0.25) is 0 Å². The molecule has 0 aliphatic heterocycles. The molecule has 3 rings (SSSR count). The number of rotatable bonds is 2. The third-order valence-electron chi connectivity index (χ3n) is 2.91. The van der Waals surface area contributed by atoms with E-state index in [9.17, 15) is 4.79 Å². The molecule has 0 unspecified atom stereocenters. The molecule has 2 aromatic heterocycles. The molecular formula is C15H10ClN3O. The van der Waals surface area contributed by atoms with E-state index in [-0.39, 0.29) is 5.91 Å². The van der Waals surface area contributed by atoms with Gasteiger partial charge in [0.15, 0.2) is 0 Å². The molecule has 0 bridgehead atoms. The summed E-state index contributed by atoms with van der Waals surface area (Å²) in [6.45, 7) is 0. The van der Waals surface area contributed by atoms with Crippen LogP contribution in [0, 0.1) is 0 Å². The van der Waals surface area contributed by atoms with Gasteiger partial charge in [0.25, 0.3) is 5.91 Å². The Morgan fingerprint density at radius 1 is 1.10 bits per heavy atom. The van der Waals surface area contributed by atoms with Crippen molar-refractivity contribution in [3.05, 3.63) is 65.6 Å². The first-order valence-corrected chi connectivity index (χ1v) is 6.38. The van der Waals surface area contributed by atoms with Crippen LogP contribution in [0.5, 0.6) is 0 Å². The summed E-state index contributed by atoms with van der Waals surface area (Å²) in [5.74, 6) is -0.237. The summed E-state index contributed by atoms with van der Waals surface area (Å²) in [6, 6.07) is 10.8. The van der Waals surface area contributed by atoms with Crippen LogP contribution in [0.25, 0.3) is 10.9 Å². The summed E-state index contributed by atoms with van der Waals surface area (Å²) < 4.78 is 0. The van der Waals surface area contributed by atoms with Crippen molar-refractivity contribution in [2.75, 3.05) is 5.32 Å². The van der Waals surface area contributed by atoms with Crippen LogP contribution in [0.4, 0.5) is 5.69 Å². The monoisotopic (exact) mass is 283 g/mol. The molecule has 0 saturated heterocycles. The molecule has 0 radical (unpaired) electrons. The van der Waals surface area contributed by atoms with E-state index in [2.05, 4.69) is 15.3 Å². The summed E-state index contributed by atoms with van der Waals surface area (Å²) >= 11 is 6.01. The van der Waals surface area contributed by atoms with Gasteiger partial charge in [0.05, 0.1) is 28.0 Å². The van der Waals surface area contributed by atoms with Gasteiger partial charge in [-0.2, -0.15) is 0 Å².